The maximum absolute atomic E-state index is 14.2. The van der Waals surface area contributed by atoms with Crippen LogP contribution >= 0.6 is 0 Å². The predicted octanol–water partition coefficient (Wildman–Crippen LogP) is 2.75. The smallest absolute Gasteiger partial charge is 0.356 e. The molecule has 0 saturated heterocycles. The van der Waals surface area contributed by atoms with E-state index in [4.69, 9.17) is 0 Å². The second-order valence-electron chi connectivity index (χ2n) is 5.16. The molecule has 11 heteroatoms. The van der Waals surface area contributed by atoms with E-state index in [1.807, 2.05) is 0 Å². The number of hydrogen-bond donors (Lipinski definition) is 1. The Bertz CT molecular complexity index is 1160. The Hall–Kier alpha value is -3.50. The van der Waals surface area contributed by atoms with Gasteiger partial charge in [-0.2, -0.15) is 13.2 Å². The molecule has 0 fully saturated rings. The number of nitro groups is 1. The van der Waals surface area contributed by atoms with Crippen molar-refractivity contribution in [2.75, 3.05) is 0 Å². The fourth-order valence-electron chi connectivity index (χ4n) is 2.54. The number of nitrogens with one attached hydrogen (secondary N) is 1. The summed E-state index contributed by atoms with van der Waals surface area (Å²) in [5.41, 5.74) is -6.75. The van der Waals surface area contributed by atoms with Crippen LogP contribution in [0, 0.1) is 15.9 Å². The molecule has 0 aliphatic rings. The minimum absolute atomic E-state index is 0.147. The highest BCUT2D eigenvalue weighted by Gasteiger charge is 2.38. The Morgan fingerprint density at radius 1 is 1.15 bits per heavy atom. The third-order valence-corrected chi connectivity index (χ3v) is 3.61. The number of pyridine rings is 2. The number of nitrogens with zero attached hydrogens (tertiary/aromatic N) is 2. The van der Waals surface area contributed by atoms with E-state index >= 15 is 0 Å². The van der Waals surface area contributed by atoms with Crippen LogP contribution in [-0.4, -0.2) is 14.5 Å². The highest BCUT2D eigenvalue weighted by atomic mass is 19.4. The first-order valence-corrected chi connectivity index (χ1v) is 6.91. The molecule has 0 saturated carbocycles. The van der Waals surface area contributed by atoms with Gasteiger partial charge in [0.05, 0.1) is 10.3 Å². The number of aromatic nitrogens is 2. The van der Waals surface area contributed by atoms with Gasteiger partial charge in [-0.15, -0.1) is 0 Å². The van der Waals surface area contributed by atoms with E-state index < -0.39 is 55.9 Å². The number of benzene rings is 1. The van der Waals surface area contributed by atoms with E-state index in [0.717, 1.165) is 24.4 Å². The number of rotatable bonds is 2. The topological polar surface area (TPSA) is 98.0 Å². The number of alkyl halides is 3. The fourth-order valence-corrected chi connectivity index (χ4v) is 2.54. The van der Waals surface area contributed by atoms with Gasteiger partial charge in [0, 0.05) is 18.3 Å². The van der Waals surface area contributed by atoms with Gasteiger partial charge >= 0.3 is 6.18 Å². The van der Waals surface area contributed by atoms with Gasteiger partial charge < -0.3 is 4.98 Å². The Morgan fingerprint density at radius 2 is 1.85 bits per heavy atom. The van der Waals surface area contributed by atoms with E-state index in [1.165, 1.54) is 0 Å². The lowest BCUT2D eigenvalue weighted by Gasteiger charge is -2.16. The van der Waals surface area contributed by atoms with Crippen LogP contribution in [0.25, 0.3) is 16.6 Å². The summed E-state index contributed by atoms with van der Waals surface area (Å²) in [6.07, 6.45) is -4.16. The van der Waals surface area contributed by atoms with Gasteiger partial charge in [-0.1, -0.05) is 6.07 Å². The van der Waals surface area contributed by atoms with Crippen LogP contribution < -0.4 is 11.0 Å². The van der Waals surface area contributed by atoms with E-state index in [-0.39, 0.29) is 4.57 Å². The van der Waals surface area contributed by atoms with E-state index in [0.29, 0.717) is 12.1 Å². The van der Waals surface area contributed by atoms with Crippen LogP contribution in [0.2, 0.25) is 0 Å². The van der Waals surface area contributed by atoms with E-state index in [1.54, 1.807) is 0 Å². The molecule has 0 unspecified atom stereocenters. The molecule has 0 atom stereocenters. The quantitative estimate of drug-likeness (QED) is 0.427. The molecule has 26 heavy (non-hydrogen) atoms. The summed E-state index contributed by atoms with van der Waals surface area (Å²) >= 11 is 0. The number of H-pyrrole nitrogens is 1. The number of halogens is 4. The molecule has 2 aromatic heterocycles. The Morgan fingerprint density at radius 3 is 2.46 bits per heavy atom. The van der Waals surface area contributed by atoms with Crippen LogP contribution in [0.3, 0.4) is 0 Å². The number of nitro benzene ring substituents is 1. The number of aromatic amines is 1. The largest absolute Gasteiger partial charge is 0.431 e. The zero-order chi connectivity index (χ0) is 19.2. The van der Waals surface area contributed by atoms with Crippen LogP contribution in [0.5, 0.6) is 0 Å². The summed E-state index contributed by atoms with van der Waals surface area (Å²) in [6.45, 7) is 0. The summed E-state index contributed by atoms with van der Waals surface area (Å²) in [4.78, 5) is 36.7. The molecule has 0 radical (unpaired) electrons. The number of hydrogen-bond acceptors (Lipinski definition) is 4. The summed E-state index contributed by atoms with van der Waals surface area (Å²) in [5, 5.41) is 10.6. The first kappa shape index (κ1) is 17.3. The van der Waals surface area contributed by atoms with Crippen molar-refractivity contribution in [3.05, 3.63) is 78.7 Å². The molecule has 0 amide bonds. The van der Waals surface area contributed by atoms with Crippen LogP contribution in [0.4, 0.5) is 23.2 Å². The van der Waals surface area contributed by atoms with Crippen LogP contribution in [0.1, 0.15) is 5.69 Å². The van der Waals surface area contributed by atoms with Gasteiger partial charge in [-0.05, 0) is 12.1 Å². The second kappa shape index (κ2) is 5.79. The van der Waals surface area contributed by atoms with Gasteiger partial charge in [-0.25, -0.2) is 4.39 Å². The first-order valence-electron chi connectivity index (χ1n) is 6.91. The van der Waals surface area contributed by atoms with Crippen molar-refractivity contribution in [1.82, 2.24) is 9.55 Å². The van der Waals surface area contributed by atoms with Gasteiger partial charge in [0.15, 0.2) is 16.9 Å². The van der Waals surface area contributed by atoms with E-state index in [2.05, 4.69) is 4.98 Å². The summed E-state index contributed by atoms with van der Waals surface area (Å²) in [6, 6.07) is 3.65. The van der Waals surface area contributed by atoms with Crippen molar-refractivity contribution in [3.63, 3.8) is 0 Å². The molecule has 3 aromatic rings. The summed E-state index contributed by atoms with van der Waals surface area (Å²) in [7, 11) is 0. The van der Waals surface area contributed by atoms with E-state index in [9.17, 15) is 37.3 Å². The standard InChI is InChI=1S/C15H7F4N3O4/c16-8-2-1-3-9(22(25)26)13(8)21-11(15(17,18)19)6-7-10(23)4-5-20-12(7)14(21)24/h1-6H,(H,20,23). The third-order valence-electron chi connectivity index (χ3n) is 3.61. The lowest BCUT2D eigenvalue weighted by atomic mass is 10.1. The van der Waals surface area contributed by atoms with Crippen molar-refractivity contribution in [3.8, 4) is 5.69 Å². The summed E-state index contributed by atoms with van der Waals surface area (Å²) in [5.74, 6) is -1.40. The Balaban J connectivity index is 2.60. The van der Waals surface area contributed by atoms with Gasteiger partial charge in [0.1, 0.15) is 11.2 Å². The zero-order valence-corrected chi connectivity index (χ0v) is 12.5. The highest BCUT2D eigenvalue weighted by molar-refractivity contribution is 5.78. The fraction of sp³-hybridized carbons (Fsp3) is 0.0667. The molecule has 134 valence electrons. The molecule has 0 spiro atoms. The van der Waals surface area contributed by atoms with Crippen LogP contribution in [-0.2, 0) is 6.18 Å². The predicted molar refractivity (Wildman–Crippen MR) is 81.8 cm³/mol. The molecule has 0 aliphatic heterocycles. The first-order chi connectivity index (χ1) is 12.1. The molecule has 3 rings (SSSR count). The lowest BCUT2D eigenvalue weighted by molar-refractivity contribution is -0.384. The number of fused-ring (bicyclic) bond motifs is 1. The normalized spacial score (nSPS) is 11.7. The van der Waals surface area contributed by atoms with Crippen LogP contribution in [0.15, 0.2) is 46.1 Å². The van der Waals surface area contributed by atoms with Gasteiger partial charge in [-0.3, -0.25) is 24.3 Å². The molecule has 0 aliphatic carbocycles. The minimum atomic E-state index is -5.19. The Kier molecular flexibility index (Phi) is 3.86. The monoisotopic (exact) mass is 369 g/mol. The number of para-hydroxylation sites is 1. The van der Waals surface area contributed by atoms with Crippen molar-refractivity contribution < 1.29 is 22.5 Å². The van der Waals surface area contributed by atoms with Gasteiger partial charge in [0.2, 0.25) is 0 Å². The third kappa shape index (κ3) is 2.62. The maximum atomic E-state index is 14.2. The molecule has 7 nitrogen and oxygen atoms in total. The Labute approximate surface area is 140 Å². The van der Waals surface area contributed by atoms with Crippen molar-refractivity contribution in [1.29, 1.82) is 0 Å². The van der Waals surface area contributed by atoms with Crippen molar-refractivity contribution in [2.45, 2.75) is 6.18 Å². The second-order valence-corrected chi connectivity index (χ2v) is 5.16. The van der Waals surface area contributed by atoms with Gasteiger partial charge in [0.25, 0.3) is 11.2 Å². The molecular weight excluding hydrogens is 362 g/mol. The maximum Gasteiger partial charge on any atom is 0.431 e. The lowest BCUT2D eigenvalue weighted by Crippen LogP contribution is -2.29. The SMILES string of the molecule is O=c1cc[nH]c2c(=O)n(-c3c(F)cccc3[N+](=O)[O-])c(C(F)(F)F)cc12. The van der Waals surface area contributed by atoms with Crippen molar-refractivity contribution >= 4 is 16.6 Å². The molecule has 2 heterocycles. The highest BCUT2D eigenvalue weighted by Crippen LogP contribution is 2.34. The summed E-state index contributed by atoms with van der Waals surface area (Å²) < 4.78 is 54.5. The van der Waals surface area contributed by atoms with Crippen molar-refractivity contribution in [2.24, 2.45) is 0 Å². The minimum Gasteiger partial charge on any atom is -0.356 e. The molecule has 1 N–H and O–H groups in total. The molecular formula is C15H7F4N3O4. The zero-order valence-electron chi connectivity index (χ0n) is 12.5. The average Bonchev–Trinajstić information content (AvgIpc) is 2.55. The molecule has 0 bridgehead atoms. The molecule has 1 aromatic carbocycles. The average molecular weight is 369 g/mol.